The molecule has 0 bridgehead atoms. The zero-order valence-electron chi connectivity index (χ0n) is 19.6. The number of aromatic nitrogens is 1. The highest BCUT2D eigenvalue weighted by Gasteiger charge is 2.31. The smallest absolute Gasteiger partial charge is 0.227 e. The Labute approximate surface area is 199 Å². The van der Waals surface area contributed by atoms with Gasteiger partial charge in [0.05, 0.1) is 11.8 Å². The van der Waals surface area contributed by atoms with Gasteiger partial charge in [-0.05, 0) is 56.0 Å². The van der Waals surface area contributed by atoms with Crippen LogP contribution >= 0.6 is 0 Å². The maximum atomic E-state index is 6.34. The molecule has 0 N–H and O–H groups in total. The third-order valence-corrected chi connectivity index (χ3v) is 7.19. The molecule has 0 spiro atoms. The number of rotatable bonds is 1. The quantitative estimate of drug-likeness (QED) is 0.314. The van der Waals surface area contributed by atoms with Crippen LogP contribution in [-0.2, 0) is 6.42 Å². The highest BCUT2D eigenvalue weighted by molar-refractivity contribution is 6.15. The number of hydrogen-bond acceptors (Lipinski definition) is 4. The topological polar surface area (TPSA) is 50.8 Å². The van der Waals surface area contributed by atoms with E-state index in [0.29, 0.717) is 11.6 Å². The van der Waals surface area contributed by atoms with Crippen molar-refractivity contribution in [2.24, 2.45) is 9.98 Å². The Hall–Kier alpha value is -3.79. The fraction of sp³-hybridized carbons (Fsp3) is 0.233. The van der Waals surface area contributed by atoms with E-state index in [1.165, 1.54) is 16.7 Å². The van der Waals surface area contributed by atoms with Gasteiger partial charge in [-0.3, -0.25) is 9.98 Å². The molecule has 4 heterocycles. The summed E-state index contributed by atoms with van der Waals surface area (Å²) in [5, 5.41) is 2.12. The fourth-order valence-electron chi connectivity index (χ4n) is 5.65. The second-order valence-electron chi connectivity index (χ2n) is 9.37. The zero-order chi connectivity index (χ0) is 23.4. The van der Waals surface area contributed by atoms with Crippen LogP contribution in [0.25, 0.3) is 22.1 Å². The molecular formula is C30H27N3O. The van der Waals surface area contributed by atoms with Gasteiger partial charge in [-0.2, -0.15) is 0 Å². The second kappa shape index (κ2) is 7.91. The molecule has 2 unspecified atom stereocenters. The number of aryl methyl sites for hydroxylation is 2. The summed E-state index contributed by atoms with van der Waals surface area (Å²) < 4.78 is 6.34. The maximum Gasteiger partial charge on any atom is 0.227 e. The van der Waals surface area contributed by atoms with Crippen molar-refractivity contribution >= 4 is 33.5 Å². The summed E-state index contributed by atoms with van der Waals surface area (Å²) in [6, 6.07) is 17.2. The zero-order valence-corrected chi connectivity index (χ0v) is 19.6. The molecule has 4 heteroatoms. The average molecular weight is 446 g/mol. The molecule has 2 aromatic carbocycles. The Morgan fingerprint density at radius 2 is 1.85 bits per heavy atom. The van der Waals surface area contributed by atoms with Gasteiger partial charge in [-0.1, -0.05) is 49.6 Å². The molecule has 2 aliphatic rings. The lowest BCUT2D eigenvalue weighted by molar-refractivity contribution is 0.490. The predicted octanol–water partition coefficient (Wildman–Crippen LogP) is 7.09. The first-order chi connectivity index (χ1) is 16.5. The lowest BCUT2D eigenvalue weighted by Gasteiger charge is -2.32. The van der Waals surface area contributed by atoms with Crippen LogP contribution in [-0.4, -0.2) is 22.4 Å². The molecule has 2 atom stereocenters. The van der Waals surface area contributed by atoms with Crippen LogP contribution in [0, 0.1) is 6.92 Å². The van der Waals surface area contributed by atoms with Gasteiger partial charge in [0.1, 0.15) is 5.58 Å². The molecule has 0 aliphatic carbocycles. The molecule has 4 nitrogen and oxygen atoms in total. The Balaban J connectivity index is 1.52. The van der Waals surface area contributed by atoms with E-state index in [2.05, 4.69) is 67.5 Å². The number of fused-ring (bicyclic) bond motifs is 8. The third-order valence-electron chi connectivity index (χ3n) is 7.19. The molecular weight excluding hydrogens is 418 g/mol. The Kier molecular flexibility index (Phi) is 4.84. The number of benzene rings is 2. The minimum absolute atomic E-state index is 0.107. The van der Waals surface area contributed by atoms with Crippen LogP contribution < -0.4 is 0 Å². The molecule has 6 rings (SSSR count). The summed E-state index contributed by atoms with van der Waals surface area (Å²) >= 11 is 0. The van der Waals surface area contributed by atoms with E-state index in [0.717, 1.165) is 64.0 Å². The molecule has 2 aromatic heterocycles. The van der Waals surface area contributed by atoms with Crippen molar-refractivity contribution in [1.82, 2.24) is 4.98 Å². The van der Waals surface area contributed by atoms with Gasteiger partial charge >= 0.3 is 0 Å². The van der Waals surface area contributed by atoms with E-state index < -0.39 is 0 Å². The van der Waals surface area contributed by atoms with Crippen LogP contribution in [0.5, 0.6) is 0 Å². The normalized spacial score (nSPS) is 21.8. The van der Waals surface area contributed by atoms with Gasteiger partial charge in [0.2, 0.25) is 5.71 Å². The SMILES string of the molecule is C=CC1=NC2CC(=C)/N=C(/C)c3c(ccc4c3oc3nc(C)ccc34)CCC2c2ccccc21. The molecule has 168 valence electrons. The number of aliphatic imine (C=N–C) groups is 2. The molecule has 0 radical (unpaired) electrons. The maximum absolute atomic E-state index is 6.34. The third kappa shape index (κ3) is 3.25. The van der Waals surface area contributed by atoms with Crippen LogP contribution in [0.15, 0.2) is 87.9 Å². The molecule has 34 heavy (non-hydrogen) atoms. The van der Waals surface area contributed by atoms with Crippen LogP contribution in [0.4, 0.5) is 0 Å². The molecule has 0 saturated heterocycles. The van der Waals surface area contributed by atoms with Gasteiger partial charge < -0.3 is 4.42 Å². The Bertz CT molecular complexity index is 1550. The highest BCUT2D eigenvalue weighted by Crippen LogP contribution is 2.40. The van der Waals surface area contributed by atoms with Crippen LogP contribution in [0.3, 0.4) is 0 Å². The van der Waals surface area contributed by atoms with Crippen molar-refractivity contribution in [3.05, 3.63) is 101 Å². The standard InChI is InChI=1S/C30H27N3O/c1-5-26-22-9-7-6-8-21(22)23-14-11-20-12-15-24-25-13-10-17(2)32-30(25)34-29(24)28(20)19(4)31-18(3)16-27(23)33-26/h5-10,12-13,15,23,27H,1,3,11,14,16H2,2,4H3/b31-19-. The molecule has 0 fully saturated rings. The van der Waals surface area contributed by atoms with E-state index >= 15 is 0 Å². The summed E-state index contributed by atoms with van der Waals surface area (Å²) in [5.74, 6) is 0.300. The summed E-state index contributed by atoms with van der Waals surface area (Å²) in [7, 11) is 0. The number of hydrogen-bond donors (Lipinski definition) is 0. The molecule has 0 amide bonds. The van der Waals surface area contributed by atoms with Crippen molar-refractivity contribution in [2.75, 3.05) is 0 Å². The van der Waals surface area contributed by atoms with E-state index in [9.17, 15) is 0 Å². The Morgan fingerprint density at radius 3 is 2.71 bits per heavy atom. The van der Waals surface area contributed by atoms with E-state index in [1.807, 2.05) is 19.1 Å². The second-order valence-corrected chi connectivity index (χ2v) is 9.37. The first-order valence-corrected chi connectivity index (χ1v) is 11.9. The first kappa shape index (κ1) is 20.8. The van der Waals surface area contributed by atoms with Crippen molar-refractivity contribution in [1.29, 1.82) is 0 Å². The number of nitrogens with zero attached hydrogens (tertiary/aromatic N) is 3. The van der Waals surface area contributed by atoms with Gasteiger partial charge in [0.25, 0.3) is 0 Å². The Morgan fingerprint density at radius 1 is 1.03 bits per heavy atom. The minimum Gasteiger partial charge on any atom is -0.437 e. The minimum atomic E-state index is 0.107. The highest BCUT2D eigenvalue weighted by atomic mass is 16.3. The number of pyridine rings is 1. The lowest BCUT2D eigenvalue weighted by Crippen LogP contribution is -2.27. The van der Waals surface area contributed by atoms with Crippen LogP contribution in [0.2, 0.25) is 0 Å². The van der Waals surface area contributed by atoms with E-state index in [4.69, 9.17) is 14.4 Å². The van der Waals surface area contributed by atoms with Gasteiger partial charge in [-0.15, -0.1) is 0 Å². The van der Waals surface area contributed by atoms with Crippen molar-refractivity contribution in [3.8, 4) is 0 Å². The van der Waals surface area contributed by atoms with Gasteiger partial charge in [0.15, 0.2) is 0 Å². The molecule has 2 aliphatic heterocycles. The monoisotopic (exact) mass is 445 g/mol. The summed E-state index contributed by atoms with van der Waals surface area (Å²) in [4.78, 5) is 14.7. The van der Waals surface area contributed by atoms with E-state index in [1.54, 1.807) is 0 Å². The molecule has 4 aromatic rings. The number of allylic oxidation sites excluding steroid dienone is 1. The van der Waals surface area contributed by atoms with Crippen molar-refractivity contribution < 1.29 is 4.42 Å². The van der Waals surface area contributed by atoms with Gasteiger partial charge in [-0.25, -0.2) is 4.98 Å². The lowest BCUT2D eigenvalue weighted by atomic mass is 9.78. The van der Waals surface area contributed by atoms with Crippen LogP contribution in [0.1, 0.15) is 53.6 Å². The summed E-state index contributed by atoms with van der Waals surface area (Å²) in [6.45, 7) is 12.4. The predicted molar refractivity (Wildman–Crippen MR) is 140 cm³/mol. The van der Waals surface area contributed by atoms with E-state index in [-0.39, 0.29) is 6.04 Å². The number of furan rings is 1. The molecule has 0 saturated carbocycles. The summed E-state index contributed by atoms with van der Waals surface area (Å²) in [5.41, 5.74) is 10.1. The van der Waals surface area contributed by atoms with Gasteiger partial charge in [0, 0.05) is 51.3 Å². The fourth-order valence-corrected chi connectivity index (χ4v) is 5.65. The summed E-state index contributed by atoms with van der Waals surface area (Å²) in [6.07, 6.45) is 4.50. The largest absolute Gasteiger partial charge is 0.437 e. The van der Waals surface area contributed by atoms with Crippen molar-refractivity contribution in [2.45, 2.75) is 45.1 Å². The average Bonchev–Trinajstić information content (AvgIpc) is 3.19. The first-order valence-electron chi connectivity index (χ1n) is 11.9. The van der Waals surface area contributed by atoms with Crippen molar-refractivity contribution in [3.63, 3.8) is 0 Å².